The molecule has 1 atom stereocenters. The van der Waals surface area contributed by atoms with Crippen molar-refractivity contribution in [1.82, 2.24) is 20.1 Å². The maximum absolute atomic E-state index is 10.5. The lowest BCUT2D eigenvalue weighted by atomic mass is 9.99. The van der Waals surface area contributed by atoms with Crippen LogP contribution in [0.2, 0.25) is 0 Å². The molecule has 8 nitrogen and oxygen atoms in total. The van der Waals surface area contributed by atoms with Gasteiger partial charge < -0.3 is 20.1 Å². The van der Waals surface area contributed by atoms with Crippen molar-refractivity contribution in [2.75, 3.05) is 18.8 Å². The van der Waals surface area contributed by atoms with E-state index in [1.54, 1.807) is 0 Å². The molecule has 0 aromatic carbocycles. The van der Waals surface area contributed by atoms with Gasteiger partial charge in [0.05, 0.1) is 6.42 Å². The molecule has 124 valence electrons. The van der Waals surface area contributed by atoms with Gasteiger partial charge in [-0.25, -0.2) is 0 Å². The molecular weight excluding hydrogens is 308 g/mol. The molecule has 1 aromatic rings. The lowest BCUT2D eigenvalue weighted by Crippen LogP contribution is -2.29. The van der Waals surface area contributed by atoms with Crippen molar-refractivity contribution in [3.63, 3.8) is 0 Å². The molecule has 1 fully saturated rings. The van der Waals surface area contributed by atoms with Crippen LogP contribution in [0, 0.1) is 0 Å². The minimum atomic E-state index is -0.833. The Hall–Kier alpha value is -1.61. The molecule has 3 N–H and O–H groups in total. The van der Waals surface area contributed by atoms with Gasteiger partial charge >= 0.3 is 5.97 Å². The second kappa shape index (κ2) is 9.42. The number of piperidine rings is 1. The number of thioether (sulfide) groups is 1. The van der Waals surface area contributed by atoms with Crippen LogP contribution in [-0.2, 0) is 16.6 Å². The number of carboxylic acid groups (broad SMARTS) is 2. The van der Waals surface area contributed by atoms with Crippen LogP contribution >= 0.6 is 11.8 Å². The SMILES string of the molecule is CC(=O)O.Cn1c(SCCC(=O)O)nnc1C1CCCNC1. The number of nitrogens with one attached hydrogen (secondary N) is 1. The number of nitrogens with zero attached hydrogens (tertiary/aromatic N) is 3. The second-order valence-corrected chi connectivity index (χ2v) is 6.02. The summed E-state index contributed by atoms with van der Waals surface area (Å²) in [5.74, 6) is 0.344. The van der Waals surface area contributed by atoms with Crippen LogP contribution < -0.4 is 5.32 Å². The van der Waals surface area contributed by atoms with Gasteiger partial charge in [0.1, 0.15) is 5.82 Å². The maximum atomic E-state index is 10.5. The summed E-state index contributed by atoms with van der Waals surface area (Å²) in [7, 11) is 1.95. The highest BCUT2D eigenvalue weighted by atomic mass is 32.2. The molecule has 0 saturated carbocycles. The van der Waals surface area contributed by atoms with Gasteiger partial charge in [0, 0.05) is 32.2 Å². The average Bonchev–Trinajstić information content (AvgIpc) is 2.80. The van der Waals surface area contributed by atoms with E-state index in [0.717, 1.165) is 37.4 Å². The number of carboxylic acids is 2. The highest BCUT2D eigenvalue weighted by molar-refractivity contribution is 7.99. The van der Waals surface area contributed by atoms with E-state index in [-0.39, 0.29) is 6.42 Å². The summed E-state index contributed by atoms with van der Waals surface area (Å²) in [6.45, 7) is 3.11. The third kappa shape index (κ3) is 6.44. The molecule has 22 heavy (non-hydrogen) atoms. The summed E-state index contributed by atoms with van der Waals surface area (Å²) in [6, 6.07) is 0. The van der Waals surface area contributed by atoms with Crippen molar-refractivity contribution in [2.24, 2.45) is 7.05 Å². The minimum absolute atomic E-state index is 0.151. The molecule has 1 aliphatic heterocycles. The first-order chi connectivity index (χ1) is 10.4. The Balaban J connectivity index is 0.000000541. The molecule has 2 heterocycles. The lowest BCUT2D eigenvalue weighted by molar-refractivity contribution is -0.136. The third-order valence-electron chi connectivity index (χ3n) is 3.08. The number of hydrogen-bond donors (Lipinski definition) is 3. The molecule has 2 rings (SSSR count). The molecule has 1 saturated heterocycles. The molecule has 0 bridgehead atoms. The van der Waals surface area contributed by atoms with Crippen molar-refractivity contribution in [3.05, 3.63) is 5.82 Å². The maximum Gasteiger partial charge on any atom is 0.304 e. The fourth-order valence-electron chi connectivity index (χ4n) is 2.11. The van der Waals surface area contributed by atoms with Crippen LogP contribution in [0.4, 0.5) is 0 Å². The predicted molar refractivity (Wildman–Crippen MR) is 82.1 cm³/mol. The molecule has 9 heteroatoms. The van der Waals surface area contributed by atoms with Crippen LogP contribution in [-0.4, -0.2) is 55.8 Å². The summed E-state index contributed by atoms with van der Waals surface area (Å²) < 4.78 is 1.99. The van der Waals surface area contributed by atoms with Crippen molar-refractivity contribution in [2.45, 2.75) is 37.3 Å². The van der Waals surface area contributed by atoms with Gasteiger partial charge in [-0.2, -0.15) is 0 Å². The lowest BCUT2D eigenvalue weighted by Gasteiger charge is -2.21. The Morgan fingerprint density at radius 1 is 1.41 bits per heavy atom. The Morgan fingerprint density at radius 2 is 2.09 bits per heavy atom. The van der Waals surface area contributed by atoms with Gasteiger partial charge in [-0.1, -0.05) is 11.8 Å². The summed E-state index contributed by atoms with van der Waals surface area (Å²) in [4.78, 5) is 19.5. The van der Waals surface area contributed by atoms with E-state index >= 15 is 0 Å². The van der Waals surface area contributed by atoms with Gasteiger partial charge in [-0.15, -0.1) is 10.2 Å². The largest absolute Gasteiger partial charge is 0.481 e. The van der Waals surface area contributed by atoms with Crippen molar-refractivity contribution >= 4 is 23.7 Å². The van der Waals surface area contributed by atoms with Crippen LogP contribution in [0.15, 0.2) is 5.16 Å². The Bertz CT molecular complexity index is 496. The molecular formula is C13H22N4O4S. The van der Waals surface area contributed by atoms with Gasteiger partial charge in [0.25, 0.3) is 5.97 Å². The van der Waals surface area contributed by atoms with E-state index < -0.39 is 11.9 Å². The first-order valence-electron chi connectivity index (χ1n) is 7.06. The van der Waals surface area contributed by atoms with E-state index in [2.05, 4.69) is 15.5 Å². The van der Waals surface area contributed by atoms with Gasteiger partial charge in [-0.3, -0.25) is 9.59 Å². The number of hydrogen-bond acceptors (Lipinski definition) is 6. The van der Waals surface area contributed by atoms with Gasteiger partial charge in [-0.05, 0) is 19.4 Å². The first kappa shape index (κ1) is 18.4. The van der Waals surface area contributed by atoms with E-state index in [1.165, 1.54) is 18.2 Å². The molecule has 0 radical (unpaired) electrons. The molecule has 0 amide bonds. The zero-order valence-electron chi connectivity index (χ0n) is 12.8. The van der Waals surface area contributed by atoms with Gasteiger partial charge in [0.15, 0.2) is 5.16 Å². The Kier molecular flexibility index (Phi) is 7.89. The third-order valence-corrected chi connectivity index (χ3v) is 4.10. The van der Waals surface area contributed by atoms with Crippen LogP contribution in [0.3, 0.4) is 0 Å². The van der Waals surface area contributed by atoms with Crippen molar-refractivity contribution in [1.29, 1.82) is 0 Å². The number of rotatable bonds is 5. The highest BCUT2D eigenvalue weighted by Gasteiger charge is 2.21. The first-order valence-corrected chi connectivity index (χ1v) is 8.04. The summed E-state index contributed by atoms with van der Waals surface area (Å²) >= 11 is 1.45. The zero-order chi connectivity index (χ0) is 16.5. The van der Waals surface area contributed by atoms with E-state index in [4.69, 9.17) is 15.0 Å². The topological polar surface area (TPSA) is 117 Å². The average molecular weight is 330 g/mol. The molecule has 0 aliphatic carbocycles. The van der Waals surface area contributed by atoms with Crippen LogP contribution in [0.5, 0.6) is 0 Å². The Labute approximate surface area is 133 Å². The van der Waals surface area contributed by atoms with Crippen LogP contribution in [0.25, 0.3) is 0 Å². The standard InChI is InChI=1S/C11H18N4O2S.C2H4O2/c1-15-10(8-3-2-5-12-7-8)13-14-11(15)18-6-4-9(16)17;1-2(3)4/h8,12H,2-7H2,1H3,(H,16,17);1H3,(H,3,4). The molecule has 1 unspecified atom stereocenters. The van der Waals surface area contributed by atoms with E-state index in [1.807, 2.05) is 11.6 Å². The normalized spacial score (nSPS) is 17.5. The van der Waals surface area contributed by atoms with Gasteiger partial charge in [0.2, 0.25) is 0 Å². The monoisotopic (exact) mass is 330 g/mol. The van der Waals surface area contributed by atoms with E-state index in [9.17, 15) is 4.79 Å². The number of aromatic nitrogens is 3. The molecule has 1 aliphatic rings. The number of aliphatic carboxylic acids is 2. The Morgan fingerprint density at radius 3 is 2.64 bits per heavy atom. The second-order valence-electron chi connectivity index (χ2n) is 4.95. The summed E-state index contributed by atoms with van der Waals surface area (Å²) in [6.07, 6.45) is 2.45. The minimum Gasteiger partial charge on any atom is -0.481 e. The highest BCUT2D eigenvalue weighted by Crippen LogP contribution is 2.24. The fraction of sp³-hybridized carbons (Fsp3) is 0.692. The molecule has 1 aromatic heterocycles. The van der Waals surface area contributed by atoms with Crippen LogP contribution in [0.1, 0.15) is 37.9 Å². The van der Waals surface area contributed by atoms with E-state index in [0.29, 0.717) is 11.7 Å². The number of carbonyl (C=O) groups is 2. The van der Waals surface area contributed by atoms with Crippen molar-refractivity contribution < 1.29 is 19.8 Å². The zero-order valence-corrected chi connectivity index (χ0v) is 13.6. The molecule has 0 spiro atoms. The fourth-order valence-corrected chi connectivity index (χ4v) is 2.95. The quantitative estimate of drug-likeness (QED) is 0.683. The smallest absolute Gasteiger partial charge is 0.304 e. The van der Waals surface area contributed by atoms with Crippen molar-refractivity contribution in [3.8, 4) is 0 Å². The summed E-state index contributed by atoms with van der Waals surface area (Å²) in [5, 5.41) is 28.6. The summed E-state index contributed by atoms with van der Waals surface area (Å²) in [5.41, 5.74) is 0. The predicted octanol–water partition coefficient (Wildman–Crippen LogP) is 0.940.